The summed E-state index contributed by atoms with van der Waals surface area (Å²) in [5.74, 6) is 0. The Morgan fingerprint density at radius 2 is 1.86 bits per heavy atom. The van der Waals surface area contributed by atoms with Crippen LogP contribution in [0.2, 0.25) is 0 Å². The molecular weight excluding hydrogens is 174 g/mol. The fraction of sp³-hybridized carbons (Fsp3) is 0.0833. The van der Waals surface area contributed by atoms with Crippen LogP contribution in [0.25, 0.3) is 21.7 Å². The van der Waals surface area contributed by atoms with Crippen molar-refractivity contribution in [2.75, 3.05) is 0 Å². The van der Waals surface area contributed by atoms with Gasteiger partial charge >= 0.3 is 0 Å². The van der Waals surface area contributed by atoms with E-state index < -0.39 is 0 Å². The Bertz CT molecular complexity index is 610. The summed E-state index contributed by atoms with van der Waals surface area (Å²) in [5.41, 5.74) is 2.09. The zero-order valence-electron chi connectivity index (χ0n) is 7.82. The highest BCUT2D eigenvalue weighted by Crippen LogP contribution is 2.27. The summed E-state index contributed by atoms with van der Waals surface area (Å²) in [6.07, 6.45) is 1.77. The number of hydrogen-bond donors (Lipinski definition) is 0. The molecule has 0 unspecified atom stereocenters. The maximum absolute atomic E-state index is 5.16. The molecule has 0 spiro atoms. The third kappa shape index (κ3) is 0.880. The van der Waals surface area contributed by atoms with E-state index in [0.717, 1.165) is 11.0 Å². The molecule has 0 N–H and O–H groups in total. The predicted molar refractivity (Wildman–Crippen MR) is 56.3 cm³/mol. The molecule has 0 aliphatic heterocycles. The fourth-order valence-corrected chi connectivity index (χ4v) is 1.89. The van der Waals surface area contributed by atoms with Gasteiger partial charge in [-0.2, -0.15) is 0 Å². The Morgan fingerprint density at radius 3 is 2.71 bits per heavy atom. The second-order valence-corrected chi connectivity index (χ2v) is 3.48. The SMILES string of the molecule is Cc1cc2oncc2c2ccccc12. The van der Waals surface area contributed by atoms with Crippen molar-refractivity contribution in [1.29, 1.82) is 0 Å². The van der Waals surface area contributed by atoms with E-state index in [1.165, 1.54) is 16.3 Å². The Labute approximate surface area is 81.1 Å². The maximum atomic E-state index is 5.16. The van der Waals surface area contributed by atoms with Crippen molar-refractivity contribution in [1.82, 2.24) is 5.16 Å². The molecule has 0 aliphatic carbocycles. The van der Waals surface area contributed by atoms with E-state index in [2.05, 4.69) is 30.3 Å². The van der Waals surface area contributed by atoms with E-state index in [0.29, 0.717) is 0 Å². The summed E-state index contributed by atoms with van der Waals surface area (Å²) in [6.45, 7) is 2.09. The number of aromatic nitrogens is 1. The first-order valence-corrected chi connectivity index (χ1v) is 4.59. The lowest BCUT2D eigenvalue weighted by Gasteiger charge is -2.01. The van der Waals surface area contributed by atoms with E-state index >= 15 is 0 Å². The number of fused-ring (bicyclic) bond motifs is 3. The Morgan fingerprint density at radius 1 is 1.07 bits per heavy atom. The van der Waals surface area contributed by atoms with Gasteiger partial charge in [-0.05, 0) is 29.3 Å². The second kappa shape index (κ2) is 2.58. The molecule has 1 heterocycles. The molecule has 2 heteroatoms. The smallest absolute Gasteiger partial charge is 0.167 e. The standard InChI is InChI=1S/C12H9NO/c1-8-6-12-11(7-13-14-12)10-5-3-2-4-9(8)10/h2-7H,1H3. The molecule has 0 radical (unpaired) electrons. The molecule has 0 saturated heterocycles. The molecule has 68 valence electrons. The number of aryl methyl sites for hydroxylation is 1. The van der Waals surface area contributed by atoms with Crippen molar-refractivity contribution in [3.05, 3.63) is 42.1 Å². The highest BCUT2D eigenvalue weighted by molar-refractivity contribution is 6.06. The van der Waals surface area contributed by atoms with Gasteiger partial charge in [0, 0.05) is 5.39 Å². The minimum atomic E-state index is 0.862. The van der Waals surface area contributed by atoms with Crippen LogP contribution in [0.1, 0.15) is 5.56 Å². The third-order valence-corrected chi connectivity index (χ3v) is 2.59. The zero-order valence-corrected chi connectivity index (χ0v) is 7.82. The van der Waals surface area contributed by atoms with Gasteiger partial charge in [0.25, 0.3) is 0 Å². The van der Waals surface area contributed by atoms with E-state index in [1.54, 1.807) is 6.20 Å². The second-order valence-electron chi connectivity index (χ2n) is 3.48. The van der Waals surface area contributed by atoms with Crippen molar-refractivity contribution >= 4 is 21.7 Å². The summed E-state index contributed by atoms with van der Waals surface area (Å²) < 4.78 is 5.16. The lowest BCUT2D eigenvalue weighted by atomic mass is 10.0. The van der Waals surface area contributed by atoms with E-state index in [1.807, 2.05) is 12.1 Å². The van der Waals surface area contributed by atoms with Gasteiger partial charge in [-0.1, -0.05) is 29.4 Å². The van der Waals surface area contributed by atoms with Crippen LogP contribution in [0.15, 0.2) is 41.1 Å². The van der Waals surface area contributed by atoms with Gasteiger partial charge in [0.1, 0.15) is 0 Å². The zero-order chi connectivity index (χ0) is 9.54. The average molecular weight is 183 g/mol. The van der Waals surface area contributed by atoms with Crippen LogP contribution in [0.3, 0.4) is 0 Å². The normalized spacial score (nSPS) is 11.2. The summed E-state index contributed by atoms with van der Waals surface area (Å²) in [5, 5.41) is 7.39. The molecule has 0 amide bonds. The lowest BCUT2D eigenvalue weighted by Crippen LogP contribution is -1.78. The van der Waals surface area contributed by atoms with Crippen LogP contribution in [0.4, 0.5) is 0 Å². The van der Waals surface area contributed by atoms with Crippen LogP contribution in [-0.2, 0) is 0 Å². The summed E-state index contributed by atoms with van der Waals surface area (Å²) in [6, 6.07) is 10.3. The minimum Gasteiger partial charge on any atom is -0.356 e. The third-order valence-electron chi connectivity index (χ3n) is 2.59. The van der Waals surface area contributed by atoms with Gasteiger partial charge in [0.05, 0.1) is 6.20 Å². The Kier molecular flexibility index (Phi) is 1.39. The minimum absolute atomic E-state index is 0.862. The van der Waals surface area contributed by atoms with Gasteiger partial charge < -0.3 is 4.52 Å². The van der Waals surface area contributed by atoms with Gasteiger partial charge in [-0.3, -0.25) is 0 Å². The van der Waals surface area contributed by atoms with E-state index in [4.69, 9.17) is 4.52 Å². The highest BCUT2D eigenvalue weighted by atomic mass is 16.5. The summed E-state index contributed by atoms with van der Waals surface area (Å²) in [7, 11) is 0. The van der Waals surface area contributed by atoms with Gasteiger partial charge in [-0.25, -0.2) is 0 Å². The summed E-state index contributed by atoms with van der Waals surface area (Å²) >= 11 is 0. The maximum Gasteiger partial charge on any atom is 0.167 e. The van der Waals surface area contributed by atoms with Crippen LogP contribution in [0, 0.1) is 6.92 Å². The largest absolute Gasteiger partial charge is 0.356 e. The molecule has 0 fully saturated rings. The molecular formula is C12H9NO. The molecule has 0 atom stereocenters. The number of hydrogen-bond acceptors (Lipinski definition) is 2. The van der Waals surface area contributed by atoms with Gasteiger partial charge in [-0.15, -0.1) is 0 Å². The fourth-order valence-electron chi connectivity index (χ4n) is 1.89. The molecule has 0 saturated carbocycles. The lowest BCUT2D eigenvalue weighted by molar-refractivity contribution is 0.456. The molecule has 3 rings (SSSR count). The first-order chi connectivity index (χ1) is 6.86. The molecule has 0 bridgehead atoms. The topological polar surface area (TPSA) is 26.0 Å². The molecule has 3 aromatic rings. The average Bonchev–Trinajstić information content (AvgIpc) is 2.66. The molecule has 14 heavy (non-hydrogen) atoms. The van der Waals surface area contributed by atoms with E-state index in [-0.39, 0.29) is 0 Å². The Balaban J connectivity index is 2.67. The van der Waals surface area contributed by atoms with Crippen LogP contribution < -0.4 is 0 Å². The first-order valence-electron chi connectivity index (χ1n) is 4.59. The number of benzene rings is 2. The summed E-state index contributed by atoms with van der Waals surface area (Å²) in [4.78, 5) is 0. The van der Waals surface area contributed by atoms with Crippen LogP contribution in [-0.4, -0.2) is 5.16 Å². The highest BCUT2D eigenvalue weighted by Gasteiger charge is 2.05. The first kappa shape index (κ1) is 7.56. The van der Waals surface area contributed by atoms with Crippen molar-refractivity contribution in [3.8, 4) is 0 Å². The predicted octanol–water partition coefficient (Wildman–Crippen LogP) is 3.29. The monoisotopic (exact) mass is 183 g/mol. The molecule has 2 aromatic carbocycles. The molecule has 0 aliphatic rings. The van der Waals surface area contributed by atoms with Crippen molar-refractivity contribution in [2.24, 2.45) is 0 Å². The molecule has 2 nitrogen and oxygen atoms in total. The number of rotatable bonds is 0. The van der Waals surface area contributed by atoms with Crippen molar-refractivity contribution in [3.63, 3.8) is 0 Å². The van der Waals surface area contributed by atoms with Gasteiger partial charge in [0.2, 0.25) is 0 Å². The van der Waals surface area contributed by atoms with E-state index in [9.17, 15) is 0 Å². The van der Waals surface area contributed by atoms with Crippen molar-refractivity contribution < 1.29 is 4.52 Å². The van der Waals surface area contributed by atoms with Crippen LogP contribution >= 0.6 is 0 Å². The quantitative estimate of drug-likeness (QED) is 0.534. The Hall–Kier alpha value is -1.83. The molecule has 1 aromatic heterocycles. The van der Waals surface area contributed by atoms with Crippen LogP contribution in [0.5, 0.6) is 0 Å². The number of nitrogens with zero attached hydrogens (tertiary/aromatic N) is 1. The van der Waals surface area contributed by atoms with Gasteiger partial charge in [0.15, 0.2) is 5.58 Å². The van der Waals surface area contributed by atoms with Crippen molar-refractivity contribution in [2.45, 2.75) is 6.92 Å².